The number of halogens is 2. The molecule has 1 aromatic carbocycles. The Morgan fingerprint density at radius 3 is 2.63 bits per heavy atom. The van der Waals surface area contributed by atoms with Crippen LogP contribution in [0.25, 0.3) is 11.4 Å². The molecule has 0 aliphatic rings. The molecule has 0 atom stereocenters. The summed E-state index contributed by atoms with van der Waals surface area (Å²) < 4.78 is 0.869. The van der Waals surface area contributed by atoms with Gasteiger partial charge in [-0.2, -0.15) is 0 Å². The minimum absolute atomic E-state index is 0.657. The van der Waals surface area contributed by atoms with Gasteiger partial charge in [0.15, 0.2) is 5.82 Å². The van der Waals surface area contributed by atoms with Crippen LogP contribution in [0.2, 0.25) is 5.02 Å². The standard InChI is InChI=1S/C14H15BrClN3/c1-4-10-8(2)18-13(19-14(10)17-3)9-5-6-11(15)12(16)7-9/h5-7H,4H2,1-3H3,(H,17,18,19). The number of hydrogen-bond donors (Lipinski definition) is 1. The zero-order chi connectivity index (χ0) is 14.0. The molecule has 2 aromatic rings. The average Bonchev–Trinajstić information content (AvgIpc) is 2.40. The molecule has 1 aromatic heterocycles. The summed E-state index contributed by atoms with van der Waals surface area (Å²) in [7, 11) is 1.87. The zero-order valence-corrected chi connectivity index (χ0v) is 13.4. The average molecular weight is 341 g/mol. The van der Waals surface area contributed by atoms with Gasteiger partial charge in [-0.3, -0.25) is 0 Å². The van der Waals surface area contributed by atoms with Gasteiger partial charge < -0.3 is 5.32 Å². The molecule has 0 radical (unpaired) electrons. The van der Waals surface area contributed by atoms with Gasteiger partial charge in [0.25, 0.3) is 0 Å². The normalized spacial score (nSPS) is 10.6. The summed E-state index contributed by atoms with van der Waals surface area (Å²) in [5.74, 6) is 1.57. The Labute approximate surface area is 126 Å². The number of nitrogens with zero attached hydrogens (tertiary/aromatic N) is 2. The predicted octanol–water partition coefficient (Wildman–Crippen LogP) is 4.47. The zero-order valence-electron chi connectivity index (χ0n) is 11.1. The summed E-state index contributed by atoms with van der Waals surface area (Å²) in [6.45, 7) is 4.11. The first kappa shape index (κ1) is 14.3. The maximum atomic E-state index is 6.12. The van der Waals surface area contributed by atoms with E-state index in [1.165, 1.54) is 0 Å². The number of benzene rings is 1. The molecular formula is C14H15BrClN3. The number of anilines is 1. The number of aryl methyl sites for hydroxylation is 1. The van der Waals surface area contributed by atoms with Crippen molar-refractivity contribution < 1.29 is 0 Å². The summed E-state index contributed by atoms with van der Waals surface area (Å²) in [6.07, 6.45) is 0.906. The van der Waals surface area contributed by atoms with Gasteiger partial charge in [0, 0.05) is 28.3 Å². The molecule has 0 saturated carbocycles. The summed E-state index contributed by atoms with van der Waals surface area (Å²) in [4.78, 5) is 9.14. The van der Waals surface area contributed by atoms with Crippen molar-refractivity contribution in [2.75, 3.05) is 12.4 Å². The number of hydrogen-bond acceptors (Lipinski definition) is 3. The third-order valence-corrected chi connectivity index (χ3v) is 4.21. The van der Waals surface area contributed by atoms with Gasteiger partial charge in [0.2, 0.25) is 0 Å². The number of nitrogens with one attached hydrogen (secondary N) is 1. The molecule has 1 N–H and O–H groups in total. The molecule has 2 rings (SSSR count). The molecule has 0 fully saturated rings. The van der Waals surface area contributed by atoms with Gasteiger partial charge in [-0.05, 0) is 47.5 Å². The van der Waals surface area contributed by atoms with Crippen LogP contribution in [-0.2, 0) is 6.42 Å². The second kappa shape index (κ2) is 5.88. The topological polar surface area (TPSA) is 37.8 Å². The van der Waals surface area contributed by atoms with E-state index in [1.807, 2.05) is 32.2 Å². The lowest BCUT2D eigenvalue weighted by Crippen LogP contribution is -2.04. The van der Waals surface area contributed by atoms with E-state index in [1.54, 1.807) is 0 Å². The predicted molar refractivity (Wildman–Crippen MR) is 83.8 cm³/mol. The first-order valence-corrected chi connectivity index (χ1v) is 7.24. The summed E-state index contributed by atoms with van der Waals surface area (Å²) in [5, 5.41) is 3.79. The lowest BCUT2D eigenvalue weighted by Gasteiger charge is -2.12. The Kier molecular flexibility index (Phi) is 4.42. The second-order valence-electron chi connectivity index (χ2n) is 4.19. The van der Waals surface area contributed by atoms with Gasteiger partial charge in [0.1, 0.15) is 5.82 Å². The van der Waals surface area contributed by atoms with E-state index in [0.717, 1.165) is 33.5 Å². The van der Waals surface area contributed by atoms with Gasteiger partial charge in [-0.1, -0.05) is 18.5 Å². The van der Waals surface area contributed by atoms with Gasteiger partial charge in [0.05, 0.1) is 5.02 Å². The highest BCUT2D eigenvalue weighted by atomic mass is 79.9. The fourth-order valence-corrected chi connectivity index (χ4v) is 2.42. The van der Waals surface area contributed by atoms with Crippen LogP contribution < -0.4 is 5.32 Å². The first-order valence-electron chi connectivity index (χ1n) is 6.07. The second-order valence-corrected chi connectivity index (χ2v) is 5.45. The fraction of sp³-hybridized carbons (Fsp3) is 0.286. The molecule has 0 bridgehead atoms. The van der Waals surface area contributed by atoms with Gasteiger partial charge >= 0.3 is 0 Å². The highest BCUT2D eigenvalue weighted by molar-refractivity contribution is 9.10. The SMILES string of the molecule is CCc1c(C)nc(-c2ccc(Br)c(Cl)c2)nc1NC. The molecule has 0 amide bonds. The van der Waals surface area contributed by atoms with E-state index in [9.17, 15) is 0 Å². The van der Waals surface area contributed by atoms with Crippen LogP contribution in [0.4, 0.5) is 5.82 Å². The van der Waals surface area contributed by atoms with Crippen molar-refractivity contribution in [2.24, 2.45) is 0 Å². The smallest absolute Gasteiger partial charge is 0.161 e. The molecule has 19 heavy (non-hydrogen) atoms. The van der Waals surface area contributed by atoms with Crippen LogP contribution in [0.3, 0.4) is 0 Å². The molecule has 1 heterocycles. The van der Waals surface area contributed by atoms with Crippen LogP contribution in [0, 0.1) is 6.92 Å². The maximum Gasteiger partial charge on any atom is 0.161 e. The van der Waals surface area contributed by atoms with Crippen molar-refractivity contribution in [3.8, 4) is 11.4 Å². The van der Waals surface area contributed by atoms with Crippen molar-refractivity contribution in [1.82, 2.24) is 9.97 Å². The van der Waals surface area contributed by atoms with Crippen molar-refractivity contribution in [3.05, 3.63) is 39.0 Å². The van der Waals surface area contributed by atoms with Crippen molar-refractivity contribution >= 4 is 33.3 Å². The Bertz CT molecular complexity index is 614. The van der Waals surface area contributed by atoms with E-state index in [2.05, 4.69) is 38.1 Å². The first-order chi connectivity index (χ1) is 9.06. The molecule has 0 saturated heterocycles. The van der Waals surface area contributed by atoms with Gasteiger partial charge in [-0.25, -0.2) is 9.97 Å². The molecule has 0 aliphatic heterocycles. The summed E-state index contributed by atoms with van der Waals surface area (Å²) >= 11 is 9.50. The fourth-order valence-electron chi connectivity index (χ4n) is 1.99. The largest absolute Gasteiger partial charge is 0.373 e. The summed E-state index contributed by atoms with van der Waals surface area (Å²) in [6, 6.07) is 5.73. The Hall–Kier alpha value is -1.13. The highest BCUT2D eigenvalue weighted by Crippen LogP contribution is 2.28. The van der Waals surface area contributed by atoms with Gasteiger partial charge in [-0.15, -0.1) is 0 Å². The molecule has 100 valence electrons. The van der Waals surface area contributed by atoms with E-state index >= 15 is 0 Å². The van der Waals surface area contributed by atoms with Crippen molar-refractivity contribution in [1.29, 1.82) is 0 Å². The van der Waals surface area contributed by atoms with E-state index in [-0.39, 0.29) is 0 Å². The Balaban J connectivity index is 2.56. The molecule has 0 unspecified atom stereocenters. The minimum Gasteiger partial charge on any atom is -0.373 e. The molecule has 5 heteroatoms. The summed E-state index contributed by atoms with van der Waals surface area (Å²) in [5.41, 5.74) is 3.06. The lowest BCUT2D eigenvalue weighted by atomic mass is 10.1. The molecule has 0 spiro atoms. The van der Waals surface area contributed by atoms with Crippen molar-refractivity contribution in [3.63, 3.8) is 0 Å². The Morgan fingerprint density at radius 2 is 2.05 bits per heavy atom. The van der Waals surface area contributed by atoms with Crippen LogP contribution in [-0.4, -0.2) is 17.0 Å². The molecule has 3 nitrogen and oxygen atoms in total. The van der Waals surface area contributed by atoms with Crippen LogP contribution in [0.5, 0.6) is 0 Å². The third-order valence-electron chi connectivity index (χ3n) is 2.98. The quantitative estimate of drug-likeness (QED) is 0.895. The monoisotopic (exact) mass is 339 g/mol. The minimum atomic E-state index is 0.657. The number of rotatable bonds is 3. The number of aromatic nitrogens is 2. The maximum absolute atomic E-state index is 6.12. The Morgan fingerprint density at radius 1 is 1.32 bits per heavy atom. The lowest BCUT2D eigenvalue weighted by molar-refractivity contribution is 1.00. The van der Waals surface area contributed by atoms with Crippen LogP contribution in [0.15, 0.2) is 22.7 Å². The van der Waals surface area contributed by atoms with E-state index in [4.69, 9.17) is 11.6 Å². The third kappa shape index (κ3) is 2.90. The van der Waals surface area contributed by atoms with Crippen LogP contribution >= 0.6 is 27.5 Å². The van der Waals surface area contributed by atoms with E-state index in [0.29, 0.717) is 10.8 Å². The highest BCUT2D eigenvalue weighted by Gasteiger charge is 2.11. The van der Waals surface area contributed by atoms with Crippen molar-refractivity contribution in [2.45, 2.75) is 20.3 Å². The molecular weight excluding hydrogens is 326 g/mol. The molecule has 0 aliphatic carbocycles. The van der Waals surface area contributed by atoms with Crippen LogP contribution in [0.1, 0.15) is 18.2 Å². The van der Waals surface area contributed by atoms with E-state index < -0.39 is 0 Å².